The predicted octanol–water partition coefficient (Wildman–Crippen LogP) is 4.69. The Balaban J connectivity index is 2.19. The number of piperidine rings is 1. The average Bonchev–Trinajstić information content (AvgIpc) is 2.66. The average molecular weight is 362 g/mol. The first kappa shape index (κ1) is 20.3. The Labute approximate surface area is 158 Å². The number of benzene rings is 1. The fourth-order valence-corrected chi connectivity index (χ4v) is 4.65. The van der Waals surface area contributed by atoms with E-state index < -0.39 is 0 Å². The fraction of sp³-hybridized carbons (Fsp3) is 0.619. The van der Waals surface area contributed by atoms with E-state index in [4.69, 9.17) is 0 Å². The molecule has 0 radical (unpaired) electrons. The van der Waals surface area contributed by atoms with Gasteiger partial charge in [-0.1, -0.05) is 39.0 Å². The van der Waals surface area contributed by atoms with Crippen LogP contribution in [0, 0.1) is 6.92 Å². The van der Waals surface area contributed by atoms with Crippen molar-refractivity contribution in [3.05, 3.63) is 41.6 Å². The van der Waals surface area contributed by atoms with Crippen molar-refractivity contribution in [2.75, 3.05) is 26.7 Å². The number of hydrogen-bond acceptors (Lipinski definition) is 4. The topological polar surface area (TPSA) is 27.3 Å². The van der Waals surface area contributed by atoms with Crippen LogP contribution in [0.2, 0.25) is 0 Å². The van der Waals surface area contributed by atoms with Crippen LogP contribution in [-0.4, -0.2) is 37.0 Å². The maximum atomic E-state index is 4.24. The van der Waals surface area contributed by atoms with Crippen LogP contribution >= 0.6 is 11.9 Å². The Morgan fingerprint density at radius 2 is 2.24 bits per heavy atom. The molecule has 2 atom stereocenters. The van der Waals surface area contributed by atoms with Crippen molar-refractivity contribution in [3.8, 4) is 0 Å². The number of hydrogen-bond donors (Lipinski definition) is 2. The summed E-state index contributed by atoms with van der Waals surface area (Å²) in [5, 5.41) is 6.81. The van der Waals surface area contributed by atoms with Crippen LogP contribution in [0.1, 0.15) is 56.6 Å². The maximum absolute atomic E-state index is 4.24. The molecule has 1 saturated heterocycles. The van der Waals surface area contributed by atoms with Crippen LogP contribution in [0.15, 0.2) is 35.4 Å². The number of nitrogens with one attached hydrogen (secondary N) is 2. The predicted molar refractivity (Wildman–Crippen MR) is 111 cm³/mol. The largest absolute Gasteiger partial charge is 0.391 e. The fourth-order valence-electron chi connectivity index (χ4n) is 3.51. The van der Waals surface area contributed by atoms with Gasteiger partial charge in [-0.3, -0.25) is 0 Å². The lowest BCUT2D eigenvalue weighted by Crippen LogP contribution is -2.35. The Bertz CT molecular complexity index is 552. The molecular weight excluding hydrogens is 326 g/mol. The number of nitrogens with zero attached hydrogens (tertiary/aromatic N) is 1. The Morgan fingerprint density at radius 1 is 1.44 bits per heavy atom. The molecule has 0 bridgehead atoms. The van der Waals surface area contributed by atoms with Crippen LogP contribution in [0.3, 0.4) is 0 Å². The van der Waals surface area contributed by atoms with Gasteiger partial charge >= 0.3 is 0 Å². The molecule has 2 N–H and O–H groups in total. The lowest BCUT2D eigenvalue weighted by atomic mass is 9.91. The minimum absolute atomic E-state index is 0.365. The van der Waals surface area contributed by atoms with Gasteiger partial charge in [0.25, 0.3) is 0 Å². The van der Waals surface area contributed by atoms with Gasteiger partial charge in [0.05, 0.1) is 6.04 Å². The normalized spacial score (nSPS) is 19.0. The molecule has 4 heteroatoms. The third-order valence-corrected chi connectivity index (χ3v) is 6.52. The first-order chi connectivity index (χ1) is 12.1. The van der Waals surface area contributed by atoms with Crippen molar-refractivity contribution in [2.45, 2.75) is 63.3 Å². The van der Waals surface area contributed by atoms with Gasteiger partial charge in [0, 0.05) is 30.7 Å². The summed E-state index contributed by atoms with van der Waals surface area (Å²) in [5.74, 6) is 0.655. The molecule has 1 aliphatic rings. The van der Waals surface area contributed by atoms with Gasteiger partial charge in [-0.05, 0) is 67.8 Å². The lowest BCUT2D eigenvalue weighted by molar-refractivity contribution is 0.374. The Kier molecular flexibility index (Phi) is 8.34. The van der Waals surface area contributed by atoms with E-state index in [2.05, 4.69) is 60.5 Å². The molecule has 1 aromatic rings. The molecule has 0 amide bonds. The van der Waals surface area contributed by atoms with Crippen LogP contribution in [0.25, 0.3) is 0 Å². The van der Waals surface area contributed by atoms with Gasteiger partial charge in [-0.2, -0.15) is 0 Å². The van der Waals surface area contributed by atoms with Gasteiger partial charge in [-0.25, -0.2) is 4.31 Å². The maximum Gasteiger partial charge on any atom is 0.0595 e. The van der Waals surface area contributed by atoms with Crippen molar-refractivity contribution in [1.82, 2.24) is 14.9 Å². The minimum Gasteiger partial charge on any atom is -0.391 e. The van der Waals surface area contributed by atoms with Gasteiger partial charge in [0.1, 0.15) is 0 Å². The second kappa shape index (κ2) is 10.2. The Morgan fingerprint density at radius 3 is 2.84 bits per heavy atom. The summed E-state index contributed by atoms with van der Waals surface area (Å²) in [7, 11) is 1.98. The van der Waals surface area contributed by atoms with E-state index in [1.165, 1.54) is 35.4 Å². The summed E-state index contributed by atoms with van der Waals surface area (Å²) in [6.07, 6.45) is 4.87. The smallest absolute Gasteiger partial charge is 0.0595 e. The first-order valence-corrected chi connectivity index (χ1v) is 10.5. The molecule has 1 fully saturated rings. The van der Waals surface area contributed by atoms with Crippen molar-refractivity contribution in [2.24, 2.45) is 0 Å². The highest BCUT2D eigenvalue weighted by Gasteiger charge is 2.22. The van der Waals surface area contributed by atoms with Crippen molar-refractivity contribution in [1.29, 1.82) is 0 Å². The highest BCUT2D eigenvalue weighted by atomic mass is 32.2. The van der Waals surface area contributed by atoms with E-state index in [1.54, 1.807) is 0 Å². The van der Waals surface area contributed by atoms with Crippen LogP contribution in [-0.2, 0) is 0 Å². The molecule has 1 heterocycles. The molecule has 1 aliphatic heterocycles. The summed E-state index contributed by atoms with van der Waals surface area (Å²) in [5.41, 5.74) is 3.96. The second-order valence-corrected chi connectivity index (χ2v) is 8.06. The second-order valence-electron chi connectivity index (χ2n) is 6.97. The summed E-state index contributed by atoms with van der Waals surface area (Å²) in [6, 6.07) is 7.40. The summed E-state index contributed by atoms with van der Waals surface area (Å²) >= 11 is 1.90. The molecule has 140 valence electrons. The molecule has 0 spiro atoms. The third kappa shape index (κ3) is 5.50. The molecule has 0 aromatic heterocycles. The molecule has 0 saturated carbocycles. The molecule has 3 nitrogen and oxygen atoms in total. The summed E-state index contributed by atoms with van der Waals surface area (Å²) in [6.45, 7) is 14.2. The van der Waals surface area contributed by atoms with E-state index in [0.29, 0.717) is 12.0 Å². The quantitative estimate of drug-likeness (QED) is 0.624. The first-order valence-electron chi connectivity index (χ1n) is 9.73. The van der Waals surface area contributed by atoms with Crippen molar-refractivity contribution in [3.63, 3.8) is 0 Å². The van der Waals surface area contributed by atoms with E-state index in [0.717, 1.165) is 31.6 Å². The van der Waals surface area contributed by atoms with Crippen LogP contribution < -0.4 is 10.6 Å². The zero-order chi connectivity index (χ0) is 18.2. The van der Waals surface area contributed by atoms with Gasteiger partial charge < -0.3 is 10.6 Å². The zero-order valence-electron chi connectivity index (χ0n) is 16.4. The van der Waals surface area contributed by atoms with Gasteiger partial charge in [0.15, 0.2) is 0 Å². The minimum atomic E-state index is 0.365. The SMILES string of the molecule is C=C(NC)C(CCC)N(CC)Sc1cc(C2CCCNC2)ccc1C. The molecule has 1 aromatic carbocycles. The number of aryl methyl sites for hydroxylation is 1. The number of likely N-dealkylation sites (N-methyl/N-ethyl adjacent to an activating group) is 2. The summed E-state index contributed by atoms with van der Waals surface area (Å²) in [4.78, 5) is 1.38. The highest BCUT2D eigenvalue weighted by Crippen LogP contribution is 2.34. The van der Waals surface area contributed by atoms with Crippen LogP contribution in [0.4, 0.5) is 0 Å². The van der Waals surface area contributed by atoms with Crippen molar-refractivity contribution < 1.29 is 0 Å². The van der Waals surface area contributed by atoms with E-state index in [9.17, 15) is 0 Å². The molecule has 0 aliphatic carbocycles. The standard InChI is InChI=1S/C21H35N3S/c1-6-9-20(17(4)22-5)24(7-2)25-21-14-18(12-11-16(21)3)19-10-8-13-23-15-19/h11-12,14,19-20,22-23H,4,6-10,13,15H2,1-3,5H3. The van der Waals surface area contributed by atoms with E-state index in [-0.39, 0.29) is 0 Å². The van der Waals surface area contributed by atoms with Crippen LogP contribution in [0.5, 0.6) is 0 Å². The Hall–Kier alpha value is -0.970. The van der Waals surface area contributed by atoms with E-state index in [1.807, 2.05) is 19.0 Å². The monoisotopic (exact) mass is 361 g/mol. The molecule has 2 rings (SSSR count). The molecule has 2 unspecified atom stereocenters. The van der Waals surface area contributed by atoms with Crippen molar-refractivity contribution >= 4 is 11.9 Å². The zero-order valence-corrected chi connectivity index (χ0v) is 17.2. The van der Waals surface area contributed by atoms with Gasteiger partial charge in [-0.15, -0.1) is 0 Å². The lowest BCUT2D eigenvalue weighted by Gasteiger charge is -2.31. The molecule has 25 heavy (non-hydrogen) atoms. The third-order valence-electron chi connectivity index (χ3n) is 5.14. The highest BCUT2D eigenvalue weighted by molar-refractivity contribution is 7.97. The number of rotatable bonds is 9. The summed E-state index contributed by atoms with van der Waals surface area (Å²) < 4.78 is 2.48. The van der Waals surface area contributed by atoms with Gasteiger partial charge in [0.2, 0.25) is 0 Å². The van der Waals surface area contributed by atoms with E-state index >= 15 is 0 Å². The molecular formula is C21H35N3S.